The molecule has 1 aliphatic heterocycles. The van der Waals surface area contributed by atoms with Gasteiger partial charge in [0, 0.05) is 44.2 Å². The van der Waals surface area contributed by atoms with E-state index in [2.05, 4.69) is 33.2 Å². The first-order chi connectivity index (χ1) is 14.2. The van der Waals surface area contributed by atoms with Crippen molar-refractivity contribution in [3.8, 4) is 0 Å². The van der Waals surface area contributed by atoms with Crippen molar-refractivity contribution >= 4 is 23.6 Å². The van der Waals surface area contributed by atoms with Gasteiger partial charge in [0.1, 0.15) is 5.60 Å². The highest BCUT2D eigenvalue weighted by atomic mass is 16.6. The van der Waals surface area contributed by atoms with Gasteiger partial charge >= 0.3 is 6.09 Å². The maximum Gasteiger partial charge on any atom is 0.407 e. The van der Waals surface area contributed by atoms with E-state index in [9.17, 15) is 9.59 Å². The first kappa shape index (κ1) is 23.5. The third kappa shape index (κ3) is 7.57. The minimum atomic E-state index is -0.533. The average molecular weight is 418 g/mol. The Bertz CT molecular complexity index is 757. The number of aliphatic imine (C=N–C) groups is 1. The Morgan fingerprint density at radius 2 is 2.03 bits per heavy atom. The van der Waals surface area contributed by atoms with Crippen molar-refractivity contribution in [2.24, 2.45) is 4.99 Å². The molecule has 1 aliphatic rings. The van der Waals surface area contributed by atoms with Crippen molar-refractivity contribution in [2.45, 2.75) is 64.5 Å². The van der Waals surface area contributed by atoms with E-state index in [0.29, 0.717) is 25.5 Å². The van der Waals surface area contributed by atoms with Crippen LogP contribution >= 0.6 is 0 Å². The summed E-state index contributed by atoms with van der Waals surface area (Å²) in [6.45, 7) is 8.71. The maximum absolute atomic E-state index is 12.1. The number of hydrogen-bond donors (Lipinski definition) is 4. The molecule has 0 saturated heterocycles. The molecule has 2 unspecified atom stereocenters. The minimum absolute atomic E-state index is 0.0213. The van der Waals surface area contributed by atoms with Crippen molar-refractivity contribution in [3.63, 3.8) is 0 Å². The average Bonchev–Trinajstić information content (AvgIpc) is 2.66. The van der Waals surface area contributed by atoms with Crippen LogP contribution in [-0.2, 0) is 9.53 Å². The molecule has 8 heteroatoms. The Kier molecular flexibility index (Phi) is 8.50. The van der Waals surface area contributed by atoms with E-state index in [1.807, 2.05) is 45.0 Å². The molecule has 0 aliphatic carbocycles. The zero-order chi connectivity index (χ0) is 22.1. The molecule has 30 heavy (non-hydrogen) atoms. The largest absolute Gasteiger partial charge is 0.444 e. The van der Waals surface area contributed by atoms with Gasteiger partial charge in [0.25, 0.3) is 0 Å². The molecule has 8 nitrogen and oxygen atoms in total. The van der Waals surface area contributed by atoms with E-state index in [1.165, 1.54) is 0 Å². The number of carbonyl (C=O) groups excluding carboxylic acids is 2. The number of nitrogens with zero attached hydrogens (tertiary/aromatic N) is 1. The number of rotatable bonds is 7. The molecule has 0 radical (unpaired) electrons. The molecule has 1 aromatic rings. The number of alkyl carbamates (subject to hydrolysis) is 1. The molecular formula is C22H35N5O3. The molecule has 4 N–H and O–H groups in total. The van der Waals surface area contributed by atoms with Crippen LogP contribution in [0.1, 0.15) is 58.4 Å². The van der Waals surface area contributed by atoms with Gasteiger partial charge in [0.05, 0.1) is 0 Å². The lowest BCUT2D eigenvalue weighted by atomic mass is 9.90. The van der Waals surface area contributed by atoms with Gasteiger partial charge in [-0.2, -0.15) is 0 Å². The summed E-state index contributed by atoms with van der Waals surface area (Å²) in [6.07, 6.45) is 1.76. The first-order valence-corrected chi connectivity index (χ1v) is 10.5. The minimum Gasteiger partial charge on any atom is -0.444 e. The highest BCUT2D eigenvalue weighted by Gasteiger charge is 2.25. The van der Waals surface area contributed by atoms with Crippen molar-refractivity contribution in [1.82, 2.24) is 16.0 Å². The lowest BCUT2D eigenvalue weighted by molar-refractivity contribution is -0.116. The highest BCUT2D eigenvalue weighted by Crippen LogP contribution is 2.31. The van der Waals surface area contributed by atoms with Crippen LogP contribution in [0.2, 0.25) is 0 Å². The van der Waals surface area contributed by atoms with Crippen LogP contribution < -0.4 is 21.3 Å². The molecule has 2 rings (SSSR count). The number of nitrogens with one attached hydrogen (secondary N) is 4. The standard InChI is InChI=1S/C22H35N5O3/c1-6-9-16(26-21(29)30-22(2,3)4)14-25-20(23-5)24-13-15-12-19(28)27-18-11-8-7-10-17(15)18/h7-8,10-11,15-16H,6,9,12-14H2,1-5H3,(H,26,29)(H,27,28)(H2,23,24,25). The normalized spacial score (nSPS) is 17.4. The Morgan fingerprint density at radius 1 is 1.30 bits per heavy atom. The number of ether oxygens (including phenoxy) is 1. The van der Waals surface area contributed by atoms with Crippen LogP contribution in [0.3, 0.4) is 0 Å². The number of anilines is 1. The van der Waals surface area contributed by atoms with E-state index in [0.717, 1.165) is 24.1 Å². The van der Waals surface area contributed by atoms with E-state index in [4.69, 9.17) is 4.74 Å². The van der Waals surface area contributed by atoms with E-state index < -0.39 is 11.7 Å². The predicted octanol–water partition coefficient (Wildman–Crippen LogP) is 2.97. The Labute approximate surface area is 179 Å². The van der Waals surface area contributed by atoms with Gasteiger partial charge in [0.2, 0.25) is 5.91 Å². The zero-order valence-electron chi connectivity index (χ0n) is 18.7. The summed E-state index contributed by atoms with van der Waals surface area (Å²) >= 11 is 0. The molecule has 0 fully saturated rings. The molecular weight excluding hydrogens is 382 g/mol. The number of para-hydroxylation sites is 1. The van der Waals surface area contributed by atoms with Crippen LogP contribution in [0, 0.1) is 0 Å². The second-order valence-corrected chi connectivity index (χ2v) is 8.50. The first-order valence-electron chi connectivity index (χ1n) is 10.5. The number of amides is 2. The summed E-state index contributed by atoms with van der Waals surface area (Å²) in [4.78, 5) is 28.4. The van der Waals surface area contributed by atoms with E-state index in [-0.39, 0.29) is 17.9 Å². The number of hydrogen-bond acceptors (Lipinski definition) is 4. The summed E-state index contributed by atoms with van der Waals surface area (Å²) in [5.41, 5.74) is 1.46. The van der Waals surface area contributed by atoms with Gasteiger partial charge in [-0.3, -0.25) is 9.79 Å². The second-order valence-electron chi connectivity index (χ2n) is 8.50. The van der Waals surface area contributed by atoms with Crippen molar-refractivity contribution in [3.05, 3.63) is 29.8 Å². The molecule has 0 aromatic heterocycles. The third-order valence-corrected chi connectivity index (χ3v) is 4.72. The lowest BCUT2D eigenvalue weighted by Gasteiger charge is -2.27. The Morgan fingerprint density at radius 3 is 2.70 bits per heavy atom. The summed E-state index contributed by atoms with van der Waals surface area (Å²) in [5.74, 6) is 0.721. The second kappa shape index (κ2) is 10.8. The van der Waals surface area contributed by atoms with Crippen LogP contribution in [-0.4, -0.2) is 49.7 Å². The maximum atomic E-state index is 12.1. The summed E-state index contributed by atoms with van der Waals surface area (Å²) in [5, 5.41) is 12.4. The fourth-order valence-electron chi connectivity index (χ4n) is 3.39. The van der Waals surface area contributed by atoms with Crippen LogP contribution in [0.4, 0.5) is 10.5 Å². The molecule has 2 atom stereocenters. The van der Waals surface area contributed by atoms with E-state index >= 15 is 0 Å². The topological polar surface area (TPSA) is 104 Å². The number of guanidine groups is 1. The van der Waals surface area contributed by atoms with Crippen LogP contribution in [0.15, 0.2) is 29.3 Å². The Balaban J connectivity index is 1.89. The van der Waals surface area contributed by atoms with Crippen LogP contribution in [0.5, 0.6) is 0 Å². The number of benzene rings is 1. The van der Waals surface area contributed by atoms with Crippen molar-refractivity contribution in [2.75, 3.05) is 25.5 Å². The fraction of sp³-hybridized carbons (Fsp3) is 0.591. The van der Waals surface area contributed by atoms with Crippen LogP contribution in [0.25, 0.3) is 0 Å². The SMILES string of the molecule is CCCC(CNC(=NC)NCC1CC(=O)Nc2ccccc21)NC(=O)OC(C)(C)C. The highest BCUT2D eigenvalue weighted by molar-refractivity contribution is 5.94. The summed E-state index contributed by atoms with van der Waals surface area (Å²) in [6, 6.07) is 7.78. The Hall–Kier alpha value is -2.77. The molecule has 1 heterocycles. The number of carbonyl (C=O) groups is 2. The van der Waals surface area contributed by atoms with Crippen molar-refractivity contribution < 1.29 is 14.3 Å². The quantitative estimate of drug-likeness (QED) is 0.403. The zero-order valence-corrected chi connectivity index (χ0v) is 18.7. The van der Waals surface area contributed by atoms with Crippen molar-refractivity contribution in [1.29, 1.82) is 0 Å². The van der Waals surface area contributed by atoms with Gasteiger partial charge in [-0.25, -0.2) is 4.79 Å². The van der Waals surface area contributed by atoms with E-state index in [1.54, 1.807) is 7.05 Å². The van der Waals surface area contributed by atoms with Gasteiger partial charge in [-0.15, -0.1) is 0 Å². The smallest absolute Gasteiger partial charge is 0.407 e. The number of fused-ring (bicyclic) bond motifs is 1. The van der Waals surface area contributed by atoms with Gasteiger partial charge in [-0.05, 0) is 38.8 Å². The predicted molar refractivity (Wildman–Crippen MR) is 120 cm³/mol. The summed E-state index contributed by atoms with van der Waals surface area (Å²) in [7, 11) is 1.70. The van der Waals surface area contributed by atoms with Gasteiger partial charge in [-0.1, -0.05) is 31.5 Å². The third-order valence-electron chi connectivity index (χ3n) is 4.72. The molecule has 0 saturated carbocycles. The lowest BCUT2D eigenvalue weighted by Crippen LogP contribution is -2.48. The molecule has 166 valence electrons. The fourth-order valence-corrected chi connectivity index (χ4v) is 3.39. The molecule has 0 spiro atoms. The molecule has 0 bridgehead atoms. The molecule has 2 amide bonds. The van der Waals surface area contributed by atoms with Gasteiger partial charge in [0.15, 0.2) is 5.96 Å². The van der Waals surface area contributed by atoms with Gasteiger partial charge < -0.3 is 26.0 Å². The molecule has 1 aromatic carbocycles. The summed E-state index contributed by atoms with van der Waals surface area (Å²) < 4.78 is 5.36. The monoisotopic (exact) mass is 417 g/mol.